The van der Waals surface area contributed by atoms with E-state index in [-0.39, 0.29) is 11.8 Å². The number of allylic oxidation sites excluding steroid dienone is 2. The van der Waals surface area contributed by atoms with Crippen LogP contribution >= 0.6 is 0 Å². The van der Waals surface area contributed by atoms with Gasteiger partial charge in [0.1, 0.15) is 5.82 Å². The molecule has 178 valence electrons. The number of aliphatic hydroxyl groups excluding tert-OH is 1. The highest BCUT2D eigenvalue weighted by atomic mass is 16.3. The monoisotopic (exact) mass is 450 g/mol. The number of aliphatic hydroxyl groups is 1. The Labute approximate surface area is 198 Å². The van der Waals surface area contributed by atoms with Crippen LogP contribution in [0.15, 0.2) is 47.9 Å². The molecule has 2 aromatic heterocycles. The fourth-order valence-corrected chi connectivity index (χ4v) is 3.16. The van der Waals surface area contributed by atoms with Gasteiger partial charge in [-0.15, -0.1) is 0 Å². The van der Waals surface area contributed by atoms with E-state index in [9.17, 15) is 9.90 Å². The number of carbonyl (C=O) groups is 1. The SMILES string of the molecule is C=C(N=C(C)/C(=C\C)c1cc2cnc(NC(=O)C3CC3)cc2cn1)C(O)CCC.CCCC. The van der Waals surface area contributed by atoms with Gasteiger partial charge < -0.3 is 10.4 Å². The molecule has 0 spiro atoms. The van der Waals surface area contributed by atoms with Gasteiger partial charge in [-0.25, -0.2) is 4.98 Å². The van der Waals surface area contributed by atoms with Crippen LogP contribution in [0, 0.1) is 5.92 Å². The van der Waals surface area contributed by atoms with Crippen LogP contribution in [0.3, 0.4) is 0 Å². The first-order chi connectivity index (χ1) is 15.8. The molecule has 0 radical (unpaired) electrons. The second kappa shape index (κ2) is 13.0. The summed E-state index contributed by atoms with van der Waals surface area (Å²) in [7, 11) is 0. The number of hydrogen-bond acceptors (Lipinski definition) is 5. The van der Waals surface area contributed by atoms with Crippen molar-refractivity contribution in [3.8, 4) is 0 Å². The zero-order chi connectivity index (χ0) is 24.4. The third kappa shape index (κ3) is 7.90. The van der Waals surface area contributed by atoms with Gasteiger partial charge in [-0.1, -0.05) is 52.7 Å². The minimum absolute atomic E-state index is 0.0370. The summed E-state index contributed by atoms with van der Waals surface area (Å²) in [5.41, 5.74) is 2.86. The summed E-state index contributed by atoms with van der Waals surface area (Å²) in [4.78, 5) is 25.4. The lowest BCUT2D eigenvalue weighted by Gasteiger charge is -2.12. The zero-order valence-electron chi connectivity index (χ0n) is 20.7. The molecule has 6 nitrogen and oxygen atoms in total. The number of amides is 1. The van der Waals surface area contributed by atoms with Crippen molar-refractivity contribution in [2.75, 3.05) is 5.32 Å². The molecule has 3 rings (SSSR count). The summed E-state index contributed by atoms with van der Waals surface area (Å²) in [5, 5.41) is 14.8. The quantitative estimate of drug-likeness (QED) is 0.437. The average Bonchev–Trinajstić information content (AvgIpc) is 3.65. The Kier molecular flexibility index (Phi) is 10.4. The summed E-state index contributed by atoms with van der Waals surface area (Å²) in [6.45, 7) is 14.1. The summed E-state index contributed by atoms with van der Waals surface area (Å²) in [5.74, 6) is 0.724. The molecule has 2 heterocycles. The number of nitrogens with zero attached hydrogens (tertiary/aromatic N) is 3. The molecule has 0 saturated heterocycles. The first-order valence-corrected chi connectivity index (χ1v) is 12.0. The van der Waals surface area contributed by atoms with E-state index < -0.39 is 6.10 Å². The van der Waals surface area contributed by atoms with Gasteiger partial charge in [-0.3, -0.25) is 14.8 Å². The predicted octanol–water partition coefficient (Wildman–Crippen LogP) is 6.32. The van der Waals surface area contributed by atoms with E-state index in [0.717, 1.165) is 47.0 Å². The number of nitrogens with one attached hydrogen (secondary N) is 1. The Morgan fingerprint density at radius 1 is 1.18 bits per heavy atom. The van der Waals surface area contributed by atoms with Gasteiger partial charge in [0, 0.05) is 40.4 Å². The average molecular weight is 451 g/mol. The fourth-order valence-electron chi connectivity index (χ4n) is 3.16. The lowest BCUT2D eigenvalue weighted by molar-refractivity contribution is -0.117. The molecule has 2 aromatic rings. The summed E-state index contributed by atoms with van der Waals surface area (Å²) in [6, 6.07) is 3.79. The predicted molar refractivity (Wildman–Crippen MR) is 138 cm³/mol. The molecule has 33 heavy (non-hydrogen) atoms. The minimum atomic E-state index is -0.633. The van der Waals surface area contributed by atoms with E-state index in [4.69, 9.17) is 0 Å². The van der Waals surface area contributed by atoms with Gasteiger partial charge >= 0.3 is 0 Å². The van der Waals surface area contributed by atoms with Crippen molar-refractivity contribution in [1.29, 1.82) is 0 Å². The molecule has 0 aliphatic heterocycles. The molecule has 1 aliphatic rings. The van der Waals surface area contributed by atoms with E-state index in [1.165, 1.54) is 12.8 Å². The molecular weight excluding hydrogens is 412 g/mol. The Hall–Kier alpha value is -2.86. The van der Waals surface area contributed by atoms with E-state index in [0.29, 0.717) is 17.9 Å². The molecule has 2 N–H and O–H groups in total. The van der Waals surface area contributed by atoms with Gasteiger partial charge in [-0.2, -0.15) is 0 Å². The highest BCUT2D eigenvalue weighted by Crippen LogP contribution is 2.30. The highest BCUT2D eigenvalue weighted by Gasteiger charge is 2.29. The maximum atomic E-state index is 11.9. The van der Waals surface area contributed by atoms with Crippen molar-refractivity contribution in [3.05, 3.63) is 48.6 Å². The summed E-state index contributed by atoms with van der Waals surface area (Å²) in [6.07, 6.45) is 10.9. The number of unbranched alkanes of at least 4 members (excludes halogenated alkanes) is 1. The number of carbonyl (C=O) groups excluding carboxylic acids is 1. The van der Waals surface area contributed by atoms with Crippen LogP contribution < -0.4 is 5.32 Å². The van der Waals surface area contributed by atoms with Gasteiger partial charge in [0.05, 0.1) is 17.5 Å². The standard InChI is InChI=1S/C23H28N4O2.C4H10/c1-5-7-21(28)15(4)26-14(3)19(6-2)20-10-17-13-25-22(11-18(17)12-24-20)27-23(29)16-8-9-16;1-3-4-2/h6,10-13,16,21,28H,4-5,7-9H2,1-3H3,(H,25,27,29);3-4H2,1-2H3/b19-6+,26-14?;. The molecule has 1 unspecified atom stereocenters. The molecule has 6 heteroatoms. The number of aliphatic imine (C=N–C) groups is 1. The fraction of sp³-hybridized carbons (Fsp3) is 0.481. The lowest BCUT2D eigenvalue weighted by atomic mass is 10.0. The summed E-state index contributed by atoms with van der Waals surface area (Å²) >= 11 is 0. The Bertz CT molecular complexity index is 1020. The number of aromatic nitrogens is 2. The second-order valence-corrected chi connectivity index (χ2v) is 8.45. The molecule has 0 aromatic carbocycles. The van der Waals surface area contributed by atoms with Crippen molar-refractivity contribution in [1.82, 2.24) is 9.97 Å². The van der Waals surface area contributed by atoms with E-state index in [1.807, 2.05) is 39.0 Å². The number of hydrogen-bond donors (Lipinski definition) is 2. The Balaban J connectivity index is 0.000000890. The normalized spacial score (nSPS) is 15.0. The first kappa shape index (κ1) is 26.4. The van der Waals surface area contributed by atoms with Crippen LogP contribution in [-0.4, -0.2) is 32.8 Å². The molecule has 1 saturated carbocycles. The van der Waals surface area contributed by atoms with E-state index >= 15 is 0 Å². The lowest BCUT2D eigenvalue weighted by Crippen LogP contribution is -2.14. The highest BCUT2D eigenvalue weighted by molar-refractivity contribution is 6.22. The minimum Gasteiger partial charge on any atom is -0.387 e. The largest absolute Gasteiger partial charge is 0.387 e. The van der Waals surface area contributed by atoms with Crippen molar-refractivity contribution in [2.45, 2.75) is 79.2 Å². The zero-order valence-corrected chi connectivity index (χ0v) is 20.7. The number of pyridine rings is 2. The molecule has 1 fully saturated rings. The molecule has 1 amide bonds. The number of rotatable bonds is 9. The molecule has 0 bridgehead atoms. The summed E-state index contributed by atoms with van der Waals surface area (Å²) < 4.78 is 0. The van der Waals surface area contributed by atoms with Crippen LogP contribution in [0.4, 0.5) is 5.82 Å². The third-order valence-corrected chi connectivity index (χ3v) is 5.52. The van der Waals surface area contributed by atoms with Crippen LogP contribution in [0.1, 0.15) is 78.8 Å². The van der Waals surface area contributed by atoms with Crippen LogP contribution in [0.5, 0.6) is 0 Å². The van der Waals surface area contributed by atoms with Gasteiger partial charge in [0.15, 0.2) is 0 Å². The number of fused-ring (bicyclic) bond motifs is 1. The maximum absolute atomic E-state index is 11.9. The Morgan fingerprint density at radius 2 is 1.82 bits per heavy atom. The first-order valence-electron chi connectivity index (χ1n) is 12.0. The van der Waals surface area contributed by atoms with Crippen LogP contribution in [-0.2, 0) is 4.79 Å². The molecular formula is C27H38N4O2. The molecule has 1 aliphatic carbocycles. The third-order valence-electron chi connectivity index (χ3n) is 5.52. The smallest absolute Gasteiger partial charge is 0.228 e. The number of anilines is 1. The van der Waals surface area contributed by atoms with Crippen molar-refractivity contribution in [3.63, 3.8) is 0 Å². The maximum Gasteiger partial charge on any atom is 0.228 e. The van der Waals surface area contributed by atoms with Crippen molar-refractivity contribution in [2.24, 2.45) is 10.9 Å². The van der Waals surface area contributed by atoms with Crippen LogP contribution in [0.2, 0.25) is 0 Å². The van der Waals surface area contributed by atoms with Crippen molar-refractivity contribution >= 4 is 33.8 Å². The van der Waals surface area contributed by atoms with Gasteiger partial charge in [-0.05, 0) is 45.2 Å². The van der Waals surface area contributed by atoms with E-state index in [2.05, 4.69) is 40.7 Å². The van der Waals surface area contributed by atoms with Crippen LogP contribution in [0.25, 0.3) is 16.3 Å². The van der Waals surface area contributed by atoms with Gasteiger partial charge in [0.2, 0.25) is 5.91 Å². The second-order valence-electron chi connectivity index (χ2n) is 8.45. The van der Waals surface area contributed by atoms with E-state index in [1.54, 1.807) is 12.4 Å². The topological polar surface area (TPSA) is 87.5 Å². The van der Waals surface area contributed by atoms with Gasteiger partial charge in [0.25, 0.3) is 0 Å². The van der Waals surface area contributed by atoms with Crippen molar-refractivity contribution < 1.29 is 9.90 Å². The molecule has 1 atom stereocenters. The Morgan fingerprint density at radius 3 is 2.39 bits per heavy atom.